The Bertz CT molecular complexity index is 744. The molecule has 0 aliphatic carbocycles. The van der Waals surface area contributed by atoms with E-state index in [0.717, 1.165) is 18.4 Å². The van der Waals surface area contributed by atoms with Crippen LogP contribution in [0.3, 0.4) is 0 Å². The van der Waals surface area contributed by atoms with Gasteiger partial charge in [0.05, 0.1) is 10.6 Å². The molecule has 7 heteroatoms. The minimum atomic E-state index is -0.428. The van der Waals surface area contributed by atoms with Crippen LogP contribution in [0.4, 0.5) is 10.8 Å². The number of carbonyl (C=O) groups excluding carboxylic acids is 1. The molecular weight excluding hydrogens is 374 g/mol. The van der Waals surface area contributed by atoms with Crippen LogP contribution in [0.5, 0.6) is 0 Å². The Morgan fingerprint density at radius 2 is 1.64 bits per heavy atom. The van der Waals surface area contributed by atoms with Crippen LogP contribution >= 0.6 is 11.3 Å². The van der Waals surface area contributed by atoms with E-state index in [2.05, 4.69) is 17.2 Å². The highest BCUT2D eigenvalue weighted by Crippen LogP contribution is 2.26. The highest BCUT2D eigenvalue weighted by atomic mass is 32.1. The van der Waals surface area contributed by atoms with Gasteiger partial charge in [-0.05, 0) is 18.6 Å². The SMILES string of the molecule is CCCCCCCCCCCC(=O)Nc1nc(-c2ccc([N+](=O)[O-])cc2)cs1. The predicted molar refractivity (Wildman–Crippen MR) is 115 cm³/mol. The molecule has 1 amide bonds. The van der Waals surface area contributed by atoms with Crippen molar-refractivity contribution >= 4 is 28.1 Å². The van der Waals surface area contributed by atoms with Gasteiger partial charge < -0.3 is 5.32 Å². The zero-order valence-corrected chi connectivity index (χ0v) is 17.3. The molecule has 1 aromatic heterocycles. The minimum absolute atomic E-state index is 0.00690. The number of benzene rings is 1. The third-order valence-corrected chi connectivity index (χ3v) is 5.39. The van der Waals surface area contributed by atoms with Crippen LogP contribution in [0, 0.1) is 10.1 Å². The standard InChI is InChI=1S/C21H29N3O3S/c1-2-3-4-5-6-7-8-9-10-11-20(25)23-21-22-19(16-28-21)17-12-14-18(15-13-17)24(26)27/h12-16H,2-11H2,1H3,(H,22,23,25). The van der Waals surface area contributed by atoms with E-state index in [0.29, 0.717) is 17.2 Å². The number of nitro groups is 1. The van der Waals surface area contributed by atoms with Crippen molar-refractivity contribution in [2.24, 2.45) is 0 Å². The Morgan fingerprint density at radius 3 is 2.25 bits per heavy atom. The molecular formula is C21H29N3O3S. The molecule has 2 aromatic rings. The van der Waals surface area contributed by atoms with Crippen molar-refractivity contribution in [1.82, 2.24) is 4.98 Å². The molecule has 0 radical (unpaired) electrons. The summed E-state index contributed by atoms with van der Waals surface area (Å²) in [5.41, 5.74) is 1.55. The van der Waals surface area contributed by atoms with Crippen LogP contribution in [-0.2, 0) is 4.79 Å². The lowest BCUT2D eigenvalue weighted by Gasteiger charge is -2.03. The zero-order valence-electron chi connectivity index (χ0n) is 16.5. The highest BCUT2D eigenvalue weighted by Gasteiger charge is 2.10. The molecule has 0 saturated carbocycles. The number of nitrogens with one attached hydrogen (secondary N) is 1. The van der Waals surface area contributed by atoms with Crippen molar-refractivity contribution in [3.05, 3.63) is 39.8 Å². The zero-order chi connectivity index (χ0) is 20.2. The molecule has 0 unspecified atom stereocenters. The van der Waals surface area contributed by atoms with Crippen LogP contribution in [0.1, 0.15) is 71.1 Å². The molecule has 1 heterocycles. The molecule has 0 aliphatic rings. The normalized spacial score (nSPS) is 10.8. The van der Waals surface area contributed by atoms with Gasteiger partial charge in [0.25, 0.3) is 5.69 Å². The molecule has 0 fully saturated rings. The summed E-state index contributed by atoms with van der Waals surface area (Å²) < 4.78 is 0. The van der Waals surface area contributed by atoms with E-state index in [1.54, 1.807) is 12.1 Å². The Hall–Kier alpha value is -2.28. The van der Waals surface area contributed by atoms with E-state index in [-0.39, 0.29) is 11.6 Å². The third-order valence-electron chi connectivity index (χ3n) is 4.63. The smallest absolute Gasteiger partial charge is 0.269 e. The number of nitrogens with zero attached hydrogens (tertiary/aromatic N) is 2. The van der Waals surface area contributed by atoms with Gasteiger partial charge >= 0.3 is 0 Å². The van der Waals surface area contributed by atoms with E-state index in [1.165, 1.54) is 68.4 Å². The number of rotatable bonds is 13. The van der Waals surface area contributed by atoms with Crippen LogP contribution in [0.2, 0.25) is 0 Å². The molecule has 152 valence electrons. The Labute approximate surface area is 170 Å². The maximum Gasteiger partial charge on any atom is 0.269 e. The Morgan fingerprint density at radius 1 is 1.04 bits per heavy atom. The van der Waals surface area contributed by atoms with Gasteiger partial charge in [0.2, 0.25) is 5.91 Å². The maximum atomic E-state index is 12.1. The predicted octanol–water partition coefficient (Wildman–Crippen LogP) is 6.58. The molecule has 0 aliphatic heterocycles. The summed E-state index contributed by atoms with van der Waals surface area (Å²) in [6, 6.07) is 6.25. The van der Waals surface area contributed by atoms with Crippen LogP contribution < -0.4 is 5.32 Å². The first kappa shape index (κ1) is 22.0. The first-order valence-corrected chi connectivity index (χ1v) is 11.0. The molecule has 0 spiro atoms. The summed E-state index contributed by atoms with van der Waals surface area (Å²) in [5.74, 6) is -0.00690. The second kappa shape index (κ2) is 12.2. The topological polar surface area (TPSA) is 85.1 Å². The van der Waals surface area contributed by atoms with Crippen LogP contribution in [0.15, 0.2) is 29.6 Å². The first-order valence-electron chi connectivity index (χ1n) is 10.1. The van der Waals surface area contributed by atoms with Crippen LogP contribution in [0.25, 0.3) is 11.3 Å². The fourth-order valence-electron chi connectivity index (χ4n) is 3.00. The quantitative estimate of drug-likeness (QED) is 0.232. The molecule has 1 N–H and O–H groups in total. The van der Waals surface area contributed by atoms with E-state index < -0.39 is 4.92 Å². The summed E-state index contributed by atoms with van der Waals surface area (Å²) in [6.07, 6.45) is 11.6. The highest BCUT2D eigenvalue weighted by molar-refractivity contribution is 7.14. The number of anilines is 1. The van der Waals surface area contributed by atoms with E-state index in [1.807, 2.05) is 5.38 Å². The number of unbranched alkanes of at least 4 members (excludes halogenated alkanes) is 8. The summed E-state index contributed by atoms with van der Waals surface area (Å²) in [7, 11) is 0. The molecule has 0 saturated heterocycles. The number of non-ortho nitro benzene ring substituents is 1. The fourth-order valence-corrected chi connectivity index (χ4v) is 3.73. The maximum absolute atomic E-state index is 12.1. The molecule has 6 nitrogen and oxygen atoms in total. The average Bonchev–Trinajstić information content (AvgIpc) is 3.15. The fraction of sp³-hybridized carbons (Fsp3) is 0.524. The number of thiazole rings is 1. The third kappa shape index (κ3) is 7.76. The summed E-state index contributed by atoms with van der Waals surface area (Å²) in [6.45, 7) is 2.23. The molecule has 2 rings (SSSR count). The monoisotopic (exact) mass is 403 g/mol. The van der Waals surface area contributed by atoms with E-state index in [9.17, 15) is 14.9 Å². The summed E-state index contributed by atoms with van der Waals surface area (Å²) in [5, 5.41) is 16.0. The van der Waals surface area contributed by atoms with Crippen molar-refractivity contribution < 1.29 is 9.72 Å². The van der Waals surface area contributed by atoms with Gasteiger partial charge in [0, 0.05) is 29.5 Å². The first-order chi connectivity index (χ1) is 13.6. The van der Waals surface area contributed by atoms with Crippen molar-refractivity contribution in [2.45, 2.75) is 71.1 Å². The number of amides is 1. The van der Waals surface area contributed by atoms with Gasteiger partial charge in [0.1, 0.15) is 0 Å². The summed E-state index contributed by atoms with van der Waals surface area (Å²) in [4.78, 5) is 26.8. The van der Waals surface area contributed by atoms with Crippen molar-refractivity contribution in [3.8, 4) is 11.3 Å². The largest absolute Gasteiger partial charge is 0.302 e. The lowest BCUT2D eigenvalue weighted by Crippen LogP contribution is -2.10. The number of aromatic nitrogens is 1. The van der Waals surface area contributed by atoms with Gasteiger partial charge in [-0.25, -0.2) is 4.98 Å². The van der Waals surface area contributed by atoms with Gasteiger partial charge in [-0.15, -0.1) is 11.3 Å². The number of hydrogen-bond acceptors (Lipinski definition) is 5. The molecule has 1 aromatic carbocycles. The average molecular weight is 404 g/mol. The second-order valence-corrected chi connectivity index (χ2v) is 7.83. The van der Waals surface area contributed by atoms with E-state index in [4.69, 9.17) is 0 Å². The molecule has 0 atom stereocenters. The minimum Gasteiger partial charge on any atom is -0.302 e. The second-order valence-electron chi connectivity index (χ2n) is 6.97. The van der Waals surface area contributed by atoms with E-state index >= 15 is 0 Å². The number of nitro benzene ring substituents is 1. The van der Waals surface area contributed by atoms with Crippen LogP contribution in [-0.4, -0.2) is 15.8 Å². The Balaban J connectivity index is 1.66. The molecule has 0 bridgehead atoms. The number of carbonyl (C=O) groups is 1. The Kier molecular flexibility index (Phi) is 9.62. The lowest BCUT2D eigenvalue weighted by atomic mass is 10.1. The lowest BCUT2D eigenvalue weighted by molar-refractivity contribution is -0.384. The molecule has 28 heavy (non-hydrogen) atoms. The van der Waals surface area contributed by atoms with Gasteiger partial charge in [-0.3, -0.25) is 14.9 Å². The van der Waals surface area contributed by atoms with Gasteiger partial charge in [-0.1, -0.05) is 58.3 Å². The summed E-state index contributed by atoms with van der Waals surface area (Å²) >= 11 is 1.36. The van der Waals surface area contributed by atoms with Crippen molar-refractivity contribution in [3.63, 3.8) is 0 Å². The van der Waals surface area contributed by atoms with Gasteiger partial charge in [-0.2, -0.15) is 0 Å². The van der Waals surface area contributed by atoms with Crippen molar-refractivity contribution in [1.29, 1.82) is 0 Å². The van der Waals surface area contributed by atoms with Crippen molar-refractivity contribution in [2.75, 3.05) is 5.32 Å². The van der Waals surface area contributed by atoms with Gasteiger partial charge in [0.15, 0.2) is 5.13 Å². The number of hydrogen-bond donors (Lipinski definition) is 1.